The van der Waals surface area contributed by atoms with Gasteiger partial charge in [-0.05, 0) is 24.6 Å². The zero-order valence-corrected chi connectivity index (χ0v) is 15.5. The number of carbonyl (C=O) groups excluding carboxylic acids is 1. The Morgan fingerprint density at radius 3 is 2.71 bits per heavy atom. The Hall–Kier alpha value is -3.39. The van der Waals surface area contributed by atoms with Crippen molar-refractivity contribution < 1.29 is 14.3 Å². The van der Waals surface area contributed by atoms with Gasteiger partial charge in [-0.1, -0.05) is 35.5 Å². The summed E-state index contributed by atoms with van der Waals surface area (Å²) in [5, 5.41) is 11.0. The van der Waals surface area contributed by atoms with Gasteiger partial charge in [0.25, 0.3) is 5.91 Å². The molecule has 4 rings (SSSR count). The van der Waals surface area contributed by atoms with E-state index >= 15 is 0 Å². The Bertz CT molecular complexity index is 987. The van der Waals surface area contributed by atoms with Crippen LogP contribution < -0.4 is 20.5 Å². The van der Waals surface area contributed by atoms with Crippen molar-refractivity contribution in [2.45, 2.75) is 13.0 Å². The maximum absolute atomic E-state index is 12.6. The summed E-state index contributed by atoms with van der Waals surface area (Å²) in [5.41, 5.74) is 8.73. The molecule has 0 fully saturated rings. The highest BCUT2D eigenvalue weighted by atomic mass is 16.6. The van der Waals surface area contributed by atoms with Crippen LogP contribution >= 0.6 is 0 Å². The monoisotopic (exact) mass is 379 g/mol. The van der Waals surface area contributed by atoms with E-state index in [9.17, 15) is 4.79 Å². The molecule has 0 saturated carbocycles. The van der Waals surface area contributed by atoms with Crippen molar-refractivity contribution in [2.24, 2.45) is 5.73 Å². The van der Waals surface area contributed by atoms with Gasteiger partial charge < -0.3 is 20.5 Å². The normalized spacial score (nSPS) is 13.8. The minimum Gasteiger partial charge on any atom is -0.486 e. The second-order valence-electron chi connectivity index (χ2n) is 6.49. The number of carbonyl (C=O) groups is 1. The maximum Gasteiger partial charge on any atom is 0.273 e. The van der Waals surface area contributed by atoms with E-state index in [1.807, 2.05) is 48.5 Å². The summed E-state index contributed by atoms with van der Waals surface area (Å²) in [4.78, 5) is 12.6. The minimum atomic E-state index is -0.312. The molecule has 1 aromatic heterocycles. The summed E-state index contributed by atoms with van der Waals surface area (Å²) in [7, 11) is 0. The Balaban J connectivity index is 1.48. The third kappa shape index (κ3) is 3.54. The molecular weight excluding hydrogens is 358 g/mol. The lowest BCUT2D eigenvalue weighted by atomic mass is 10.1. The number of hydrogen-bond acceptors (Lipinski definition) is 6. The van der Waals surface area contributed by atoms with Gasteiger partial charge in [-0.15, -0.1) is 5.10 Å². The number of hydrogen-bond donors (Lipinski definition) is 2. The lowest BCUT2D eigenvalue weighted by molar-refractivity contribution is 0.0945. The fourth-order valence-corrected chi connectivity index (χ4v) is 3.05. The average Bonchev–Trinajstić information content (AvgIpc) is 3.13. The molecule has 0 spiro atoms. The molecule has 0 radical (unpaired) electrons. The van der Waals surface area contributed by atoms with Crippen LogP contribution in [0.5, 0.6) is 11.5 Å². The fourth-order valence-electron chi connectivity index (χ4n) is 3.05. The Kier molecular flexibility index (Phi) is 4.94. The first kappa shape index (κ1) is 18.0. The quantitative estimate of drug-likeness (QED) is 0.700. The summed E-state index contributed by atoms with van der Waals surface area (Å²) in [6.07, 6.45) is 0. The first-order chi connectivity index (χ1) is 13.6. The van der Waals surface area contributed by atoms with Crippen LogP contribution in [0.4, 0.5) is 0 Å². The number of aromatic nitrogens is 3. The van der Waals surface area contributed by atoms with Crippen molar-refractivity contribution >= 4 is 5.91 Å². The van der Waals surface area contributed by atoms with Gasteiger partial charge >= 0.3 is 0 Å². The van der Waals surface area contributed by atoms with Crippen molar-refractivity contribution in [3.8, 4) is 17.2 Å². The highest BCUT2D eigenvalue weighted by Gasteiger charge is 2.20. The largest absolute Gasteiger partial charge is 0.486 e. The number of nitrogens with zero attached hydrogens (tertiary/aromatic N) is 3. The van der Waals surface area contributed by atoms with E-state index in [-0.39, 0.29) is 17.6 Å². The van der Waals surface area contributed by atoms with Gasteiger partial charge in [0.05, 0.1) is 11.4 Å². The number of nitrogens with two attached hydrogens (primary N) is 1. The van der Waals surface area contributed by atoms with E-state index in [1.165, 1.54) is 0 Å². The summed E-state index contributed by atoms with van der Waals surface area (Å²) in [6, 6.07) is 14.8. The number of benzene rings is 2. The van der Waals surface area contributed by atoms with E-state index in [0.717, 1.165) is 11.3 Å². The molecule has 1 aliphatic rings. The molecule has 1 unspecified atom stereocenters. The van der Waals surface area contributed by atoms with Crippen LogP contribution in [-0.2, 0) is 0 Å². The highest BCUT2D eigenvalue weighted by Crippen LogP contribution is 2.32. The predicted octanol–water partition coefficient (Wildman–Crippen LogP) is 1.78. The molecule has 0 aliphatic carbocycles. The Morgan fingerprint density at radius 2 is 1.93 bits per heavy atom. The predicted molar refractivity (Wildman–Crippen MR) is 103 cm³/mol. The topological polar surface area (TPSA) is 104 Å². The summed E-state index contributed by atoms with van der Waals surface area (Å²) in [5.74, 6) is 1.03. The number of amides is 1. The first-order valence-electron chi connectivity index (χ1n) is 9.04. The zero-order chi connectivity index (χ0) is 19.5. The Morgan fingerprint density at radius 1 is 1.18 bits per heavy atom. The molecule has 0 bridgehead atoms. The second kappa shape index (κ2) is 7.69. The molecule has 144 valence electrons. The van der Waals surface area contributed by atoms with Crippen LogP contribution in [0.25, 0.3) is 5.69 Å². The third-order valence-electron chi connectivity index (χ3n) is 4.59. The molecule has 2 heterocycles. The second-order valence-corrected chi connectivity index (χ2v) is 6.49. The lowest BCUT2D eigenvalue weighted by Crippen LogP contribution is -2.32. The highest BCUT2D eigenvalue weighted by molar-refractivity contribution is 5.93. The molecule has 0 saturated heterocycles. The van der Waals surface area contributed by atoms with Crippen molar-refractivity contribution in [1.29, 1.82) is 0 Å². The van der Waals surface area contributed by atoms with Crippen LogP contribution in [0.15, 0.2) is 48.5 Å². The van der Waals surface area contributed by atoms with Crippen LogP contribution in [0.3, 0.4) is 0 Å². The molecule has 1 aliphatic heterocycles. The lowest BCUT2D eigenvalue weighted by Gasteiger charge is -2.18. The van der Waals surface area contributed by atoms with Crippen LogP contribution in [-0.4, -0.2) is 40.7 Å². The van der Waals surface area contributed by atoms with Gasteiger partial charge in [-0.2, -0.15) is 0 Å². The molecule has 3 aromatic rings. The Labute approximate surface area is 162 Å². The van der Waals surface area contributed by atoms with E-state index in [1.54, 1.807) is 11.6 Å². The van der Waals surface area contributed by atoms with Crippen molar-refractivity contribution in [3.05, 3.63) is 65.5 Å². The third-order valence-corrected chi connectivity index (χ3v) is 4.59. The van der Waals surface area contributed by atoms with Gasteiger partial charge in [0, 0.05) is 18.7 Å². The van der Waals surface area contributed by atoms with E-state index < -0.39 is 0 Å². The molecule has 2 aromatic carbocycles. The van der Waals surface area contributed by atoms with Gasteiger partial charge in [-0.3, -0.25) is 4.79 Å². The van der Waals surface area contributed by atoms with Gasteiger partial charge in [0.15, 0.2) is 17.2 Å². The number of nitrogens with one attached hydrogen (secondary N) is 1. The number of ether oxygens (including phenoxy) is 2. The van der Waals surface area contributed by atoms with Crippen LogP contribution in [0.1, 0.15) is 27.8 Å². The number of rotatable bonds is 5. The molecule has 8 heteroatoms. The molecule has 1 amide bonds. The SMILES string of the molecule is Cc1c(C(=O)NCC(N)c2ccccc2)nnn1-c1ccc2c(c1)OCCO2. The van der Waals surface area contributed by atoms with Gasteiger partial charge in [0.2, 0.25) is 0 Å². The number of fused-ring (bicyclic) bond motifs is 1. The van der Waals surface area contributed by atoms with Crippen molar-refractivity contribution in [3.63, 3.8) is 0 Å². The minimum absolute atomic E-state index is 0.259. The van der Waals surface area contributed by atoms with Crippen molar-refractivity contribution in [2.75, 3.05) is 19.8 Å². The van der Waals surface area contributed by atoms with Crippen LogP contribution in [0, 0.1) is 6.92 Å². The van der Waals surface area contributed by atoms with Gasteiger partial charge in [0.1, 0.15) is 13.2 Å². The van der Waals surface area contributed by atoms with E-state index in [4.69, 9.17) is 15.2 Å². The summed E-state index contributed by atoms with van der Waals surface area (Å²) < 4.78 is 12.7. The molecular formula is C20H21N5O3. The van der Waals surface area contributed by atoms with Gasteiger partial charge in [-0.25, -0.2) is 4.68 Å². The fraction of sp³-hybridized carbons (Fsp3) is 0.250. The summed E-state index contributed by atoms with van der Waals surface area (Å²) in [6.45, 7) is 3.13. The summed E-state index contributed by atoms with van der Waals surface area (Å²) >= 11 is 0. The molecule has 8 nitrogen and oxygen atoms in total. The van der Waals surface area contributed by atoms with Crippen LogP contribution in [0.2, 0.25) is 0 Å². The molecule has 3 N–H and O–H groups in total. The zero-order valence-electron chi connectivity index (χ0n) is 15.5. The maximum atomic E-state index is 12.6. The standard InChI is InChI=1S/C20H21N5O3/c1-13-19(20(26)22-12-16(21)14-5-3-2-4-6-14)23-24-25(13)15-7-8-17-18(11-15)28-10-9-27-17/h2-8,11,16H,9-10,12,21H2,1H3,(H,22,26). The average molecular weight is 379 g/mol. The van der Waals surface area contributed by atoms with Crippen molar-refractivity contribution in [1.82, 2.24) is 20.3 Å². The van der Waals surface area contributed by atoms with E-state index in [2.05, 4.69) is 15.6 Å². The van der Waals surface area contributed by atoms with E-state index in [0.29, 0.717) is 37.0 Å². The smallest absolute Gasteiger partial charge is 0.273 e. The molecule has 1 atom stereocenters. The molecule has 28 heavy (non-hydrogen) atoms. The first-order valence-corrected chi connectivity index (χ1v) is 9.04.